The number of carbonyl (C=O) groups is 3. The average molecular weight is 363 g/mol. The van der Waals surface area contributed by atoms with E-state index in [4.69, 9.17) is 14.2 Å². The van der Waals surface area contributed by atoms with Crippen LogP contribution in [-0.2, 0) is 14.3 Å². The molecule has 8 heteroatoms. The lowest BCUT2D eigenvalue weighted by Gasteiger charge is -2.18. The maximum absolute atomic E-state index is 12.4. The third kappa shape index (κ3) is 3.96. The van der Waals surface area contributed by atoms with Gasteiger partial charge in [0.15, 0.2) is 11.5 Å². The first-order valence-corrected chi connectivity index (χ1v) is 8.60. The number of hydrogen-bond acceptors (Lipinski definition) is 7. The van der Waals surface area contributed by atoms with Gasteiger partial charge in [-0.3, -0.25) is 19.3 Å². The number of benzene rings is 1. The lowest BCUT2D eigenvalue weighted by Crippen LogP contribution is -2.35. The molecule has 0 radical (unpaired) electrons. The molecular formula is C17H17NO6S. The maximum Gasteiger partial charge on any atom is 0.326 e. The van der Waals surface area contributed by atoms with E-state index >= 15 is 0 Å². The van der Waals surface area contributed by atoms with Crippen LogP contribution in [0.1, 0.15) is 19.4 Å². The second kappa shape index (κ2) is 7.18. The van der Waals surface area contributed by atoms with Crippen LogP contribution in [0, 0.1) is 0 Å². The molecule has 25 heavy (non-hydrogen) atoms. The van der Waals surface area contributed by atoms with Gasteiger partial charge in [0.25, 0.3) is 11.1 Å². The number of esters is 1. The van der Waals surface area contributed by atoms with Crippen LogP contribution in [0.2, 0.25) is 0 Å². The van der Waals surface area contributed by atoms with Crippen LogP contribution >= 0.6 is 11.8 Å². The lowest BCUT2D eigenvalue weighted by atomic mass is 10.1. The standard InChI is InChI=1S/C17H17NO6S/c1-10(2)24-15(19)9-18-16(20)14(25-17(18)21)8-11-3-4-12-13(7-11)23-6-5-22-12/h3-4,7-8,10H,5-6,9H2,1-2H3/b14-8+. The van der Waals surface area contributed by atoms with E-state index in [-0.39, 0.29) is 17.6 Å². The number of rotatable bonds is 4. The number of carbonyl (C=O) groups excluding carboxylic acids is 3. The molecule has 0 aliphatic carbocycles. The molecule has 7 nitrogen and oxygen atoms in total. The molecule has 0 spiro atoms. The minimum Gasteiger partial charge on any atom is -0.486 e. The van der Waals surface area contributed by atoms with Crippen LogP contribution in [0.4, 0.5) is 4.79 Å². The van der Waals surface area contributed by atoms with Crippen LogP contribution in [-0.4, -0.2) is 47.9 Å². The van der Waals surface area contributed by atoms with Gasteiger partial charge in [0.2, 0.25) is 0 Å². The first kappa shape index (κ1) is 17.3. The Hall–Kier alpha value is -2.48. The highest BCUT2D eigenvalue weighted by Gasteiger charge is 2.36. The molecule has 2 heterocycles. The largest absolute Gasteiger partial charge is 0.486 e. The normalized spacial score (nSPS) is 18.2. The summed E-state index contributed by atoms with van der Waals surface area (Å²) in [7, 11) is 0. The van der Waals surface area contributed by atoms with Gasteiger partial charge in [-0.05, 0) is 49.4 Å². The summed E-state index contributed by atoms with van der Waals surface area (Å²) in [5, 5.41) is -0.491. The summed E-state index contributed by atoms with van der Waals surface area (Å²) in [6.07, 6.45) is 1.29. The fourth-order valence-corrected chi connectivity index (χ4v) is 3.20. The zero-order chi connectivity index (χ0) is 18.0. The number of nitrogens with zero attached hydrogens (tertiary/aromatic N) is 1. The van der Waals surface area contributed by atoms with E-state index in [1.54, 1.807) is 38.1 Å². The van der Waals surface area contributed by atoms with Gasteiger partial charge in [-0.15, -0.1) is 0 Å². The third-order valence-electron chi connectivity index (χ3n) is 3.39. The van der Waals surface area contributed by atoms with Gasteiger partial charge in [0.05, 0.1) is 11.0 Å². The molecular weight excluding hydrogens is 346 g/mol. The van der Waals surface area contributed by atoms with Crippen molar-refractivity contribution in [3.05, 3.63) is 28.7 Å². The molecule has 2 amide bonds. The average Bonchev–Trinajstić information content (AvgIpc) is 2.81. The molecule has 0 atom stereocenters. The van der Waals surface area contributed by atoms with Gasteiger partial charge in [0, 0.05) is 0 Å². The predicted molar refractivity (Wildman–Crippen MR) is 91.3 cm³/mol. The van der Waals surface area contributed by atoms with E-state index in [0.29, 0.717) is 30.3 Å². The highest BCUT2D eigenvalue weighted by molar-refractivity contribution is 8.18. The highest BCUT2D eigenvalue weighted by atomic mass is 32.2. The zero-order valence-corrected chi connectivity index (χ0v) is 14.6. The molecule has 2 aliphatic rings. The Bertz CT molecular complexity index is 758. The number of amides is 2. The third-order valence-corrected chi connectivity index (χ3v) is 4.30. The molecule has 3 rings (SSSR count). The molecule has 2 aliphatic heterocycles. The number of ether oxygens (including phenoxy) is 3. The van der Waals surface area contributed by atoms with Crippen molar-refractivity contribution < 1.29 is 28.6 Å². The van der Waals surface area contributed by atoms with Gasteiger partial charge >= 0.3 is 5.97 Å². The van der Waals surface area contributed by atoms with Crippen molar-refractivity contribution in [3.63, 3.8) is 0 Å². The van der Waals surface area contributed by atoms with E-state index in [9.17, 15) is 14.4 Å². The van der Waals surface area contributed by atoms with Gasteiger partial charge in [-0.25, -0.2) is 0 Å². The summed E-state index contributed by atoms with van der Waals surface area (Å²) in [5.74, 6) is 0.121. The second-order valence-electron chi connectivity index (χ2n) is 5.71. The molecule has 1 fully saturated rings. The molecule has 1 saturated heterocycles. The Labute approximate surface area is 148 Å². The summed E-state index contributed by atoms with van der Waals surface area (Å²) in [6.45, 7) is 3.98. The Morgan fingerprint density at radius 3 is 2.72 bits per heavy atom. The first-order valence-electron chi connectivity index (χ1n) is 7.78. The fraction of sp³-hybridized carbons (Fsp3) is 0.353. The van der Waals surface area contributed by atoms with Gasteiger partial charge < -0.3 is 14.2 Å². The SMILES string of the molecule is CC(C)OC(=O)CN1C(=O)S/C(=C/c2ccc3c(c2)OCCO3)C1=O. The smallest absolute Gasteiger partial charge is 0.326 e. The van der Waals surface area contributed by atoms with Crippen molar-refractivity contribution in [1.29, 1.82) is 0 Å². The van der Waals surface area contributed by atoms with Gasteiger partial charge in [0.1, 0.15) is 19.8 Å². The van der Waals surface area contributed by atoms with E-state index in [2.05, 4.69) is 0 Å². The van der Waals surface area contributed by atoms with E-state index in [1.165, 1.54) is 0 Å². The molecule has 0 saturated carbocycles. The summed E-state index contributed by atoms with van der Waals surface area (Å²) in [4.78, 5) is 37.2. The van der Waals surface area contributed by atoms with Crippen LogP contribution < -0.4 is 9.47 Å². The van der Waals surface area contributed by atoms with Crippen molar-refractivity contribution in [2.24, 2.45) is 0 Å². The lowest BCUT2D eigenvalue weighted by molar-refractivity contribution is -0.149. The quantitative estimate of drug-likeness (QED) is 0.600. The minimum atomic E-state index is -0.613. The fourth-order valence-electron chi connectivity index (χ4n) is 2.37. The second-order valence-corrected chi connectivity index (χ2v) is 6.70. The molecule has 0 N–H and O–H groups in total. The highest BCUT2D eigenvalue weighted by Crippen LogP contribution is 2.35. The van der Waals surface area contributed by atoms with Crippen molar-refractivity contribution in [1.82, 2.24) is 4.90 Å². The number of imide groups is 1. The molecule has 1 aromatic carbocycles. The van der Waals surface area contributed by atoms with Crippen molar-refractivity contribution in [2.45, 2.75) is 20.0 Å². The molecule has 1 aromatic rings. The van der Waals surface area contributed by atoms with E-state index < -0.39 is 17.1 Å². The summed E-state index contributed by atoms with van der Waals surface area (Å²) >= 11 is 0.794. The Morgan fingerprint density at radius 1 is 1.28 bits per heavy atom. The number of fused-ring (bicyclic) bond motifs is 1. The zero-order valence-electron chi connectivity index (χ0n) is 13.8. The first-order chi connectivity index (χ1) is 11.9. The summed E-state index contributed by atoms with van der Waals surface area (Å²) < 4.78 is 15.9. The van der Waals surface area contributed by atoms with Crippen LogP contribution in [0.15, 0.2) is 23.1 Å². The number of thioether (sulfide) groups is 1. The van der Waals surface area contributed by atoms with Gasteiger partial charge in [-0.2, -0.15) is 0 Å². The van der Waals surface area contributed by atoms with Crippen molar-refractivity contribution in [2.75, 3.05) is 19.8 Å². The summed E-state index contributed by atoms with van der Waals surface area (Å²) in [6, 6.07) is 5.27. The molecule has 132 valence electrons. The topological polar surface area (TPSA) is 82.1 Å². The van der Waals surface area contributed by atoms with E-state index in [1.807, 2.05) is 0 Å². The maximum atomic E-state index is 12.4. The Morgan fingerprint density at radius 2 is 2.00 bits per heavy atom. The van der Waals surface area contributed by atoms with Crippen LogP contribution in [0.3, 0.4) is 0 Å². The summed E-state index contributed by atoms with van der Waals surface area (Å²) in [5.41, 5.74) is 0.708. The van der Waals surface area contributed by atoms with Crippen molar-refractivity contribution >= 4 is 35.0 Å². The molecule has 0 aromatic heterocycles. The monoisotopic (exact) mass is 363 g/mol. The van der Waals surface area contributed by atoms with Crippen molar-refractivity contribution in [3.8, 4) is 11.5 Å². The number of hydrogen-bond donors (Lipinski definition) is 0. The van der Waals surface area contributed by atoms with Gasteiger partial charge in [-0.1, -0.05) is 6.07 Å². The molecule has 0 bridgehead atoms. The Balaban J connectivity index is 1.75. The minimum absolute atomic E-state index is 0.249. The predicted octanol–water partition coefficient (Wildman–Crippen LogP) is 2.45. The van der Waals surface area contributed by atoms with Crippen LogP contribution in [0.25, 0.3) is 6.08 Å². The van der Waals surface area contributed by atoms with Crippen LogP contribution in [0.5, 0.6) is 11.5 Å². The Kier molecular flexibility index (Phi) is 4.98. The molecule has 0 unspecified atom stereocenters. The van der Waals surface area contributed by atoms with E-state index in [0.717, 1.165) is 16.7 Å².